The van der Waals surface area contributed by atoms with Crippen LogP contribution in [0.3, 0.4) is 0 Å². The molecule has 1 atom stereocenters. The Morgan fingerprint density at radius 3 is 2.39 bits per heavy atom. The molecule has 7 nitrogen and oxygen atoms in total. The summed E-state index contributed by atoms with van der Waals surface area (Å²) in [7, 11) is 0. The molecular weight excluding hydrogens is 238 g/mol. The molecule has 18 heavy (non-hydrogen) atoms. The fourth-order valence-electron chi connectivity index (χ4n) is 1.83. The maximum Gasteiger partial charge on any atom is 0.306 e. The SMILES string of the molecule is CC(NCC(=O)N1CCC(C(=O)O)CC1)C(N)=O. The number of hydrogen-bond donors (Lipinski definition) is 3. The normalized spacial score (nSPS) is 18.4. The number of carbonyl (C=O) groups is 3. The van der Waals surface area contributed by atoms with Crippen molar-refractivity contribution in [2.45, 2.75) is 25.8 Å². The van der Waals surface area contributed by atoms with E-state index in [1.54, 1.807) is 11.8 Å². The van der Waals surface area contributed by atoms with Gasteiger partial charge in [0, 0.05) is 13.1 Å². The van der Waals surface area contributed by atoms with E-state index >= 15 is 0 Å². The molecular formula is C11H19N3O4. The van der Waals surface area contributed by atoms with Crippen molar-refractivity contribution in [3.05, 3.63) is 0 Å². The van der Waals surface area contributed by atoms with Crippen molar-refractivity contribution < 1.29 is 19.5 Å². The van der Waals surface area contributed by atoms with Gasteiger partial charge in [0.15, 0.2) is 0 Å². The average molecular weight is 257 g/mol. The van der Waals surface area contributed by atoms with Crippen LogP contribution in [0.5, 0.6) is 0 Å². The number of amides is 2. The Hall–Kier alpha value is -1.63. The highest BCUT2D eigenvalue weighted by Gasteiger charge is 2.26. The summed E-state index contributed by atoms with van der Waals surface area (Å²) in [6, 6.07) is -0.550. The van der Waals surface area contributed by atoms with Crippen molar-refractivity contribution in [3.63, 3.8) is 0 Å². The van der Waals surface area contributed by atoms with Gasteiger partial charge in [-0.05, 0) is 19.8 Å². The Kier molecular flexibility index (Phi) is 5.08. The highest BCUT2D eigenvalue weighted by Crippen LogP contribution is 2.17. The Morgan fingerprint density at radius 1 is 1.39 bits per heavy atom. The second-order valence-electron chi connectivity index (χ2n) is 4.50. The van der Waals surface area contributed by atoms with Crippen LogP contribution in [0.15, 0.2) is 0 Å². The standard InChI is InChI=1S/C11H19N3O4/c1-7(10(12)16)13-6-9(15)14-4-2-8(3-5-14)11(17)18/h7-8,13H,2-6H2,1H3,(H2,12,16)(H,17,18). The van der Waals surface area contributed by atoms with Gasteiger partial charge in [-0.3, -0.25) is 19.7 Å². The van der Waals surface area contributed by atoms with Crippen LogP contribution in [0.4, 0.5) is 0 Å². The molecule has 0 aromatic carbocycles. The summed E-state index contributed by atoms with van der Waals surface area (Å²) in [4.78, 5) is 34.9. The van der Waals surface area contributed by atoms with Crippen LogP contribution in [-0.4, -0.2) is 53.5 Å². The van der Waals surface area contributed by atoms with Gasteiger partial charge in [0.1, 0.15) is 0 Å². The first-order valence-corrected chi connectivity index (χ1v) is 5.95. The molecule has 4 N–H and O–H groups in total. The number of likely N-dealkylation sites (tertiary alicyclic amines) is 1. The van der Waals surface area contributed by atoms with E-state index in [0.29, 0.717) is 25.9 Å². The topological polar surface area (TPSA) is 113 Å². The zero-order chi connectivity index (χ0) is 13.7. The van der Waals surface area contributed by atoms with Gasteiger partial charge in [-0.2, -0.15) is 0 Å². The third-order valence-electron chi connectivity index (χ3n) is 3.18. The number of nitrogens with zero attached hydrogens (tertiary/aromatic N) is 1. The predicted octanol–water partition coefficient (Wildman–Crippen LogP) is -1.23. The van der Waals surface area contributed by atoms with E-state index < -0.39 is 17.9 Å². The second kappa shape index (κ2) is 6.34. The number of carbonyl (C=O) groups excluding carboxylic acids is 2. The number of piperidine rings is 1. The molecule has 1 fully saturated rings. The Labute approximate surface area is 105 Å². The number of carboxylic acids is 1. The fraction of sp³-hybridized carbons (Fsp3) is 0.727. The number of primary amides is 1. The van der Waals surface area contributed by atoms with Crippen molar-refractivity contribution in [1.82, 2.24) is 10.2 Å². The molecule has 1 unspecified atom stereocenters. The van der Waals surface area contributed by atoms with E-state index in [0.717, 1.165) is 0 Å². The first kappa shape index (κ1) is 14.4. The molecule has 1 heterocycles. The van der Waals surface area contributed by atoms with Crippen LogP contribution in [-0.2, 0) is 14.4 Å². The molecule has 0 radical (unpaired) electrons. The maximum absolute atomic E-state index is 11.8. The van der Waals surface area contributed by atoms with Gasteiger partial charge in [0.2, 0.25) is 11.8 Å². The number of rotatable bonds is 5. The number of carboxylic acid groups (broad SMARTS) is 1. The van der Waals surface area contributed by atoms with Crippen molar-refractivity contribution in [2.75, 3.05) is 19.6 Å². The molecule has 0 aromatic rings. The van der Waals surface area contributed by atoms with E-state index in [4.69, 9.17) is 10.8 Å². The lowest BCUT2D eigenvalue weighted by molar-refractivity contribution is -0.145. The Morgan fingerprint density at radius 2 is 1.94 bits per heavy atom. The molecule has 0 saturated carbocycles. The van der Waals surface area contributed by atoms with Crippen LogP contribution < -0.4 is 11.1 Å². The number of nitrogens with one attached hydrogen (secondary N) is 1. The molecule has 1 rings (SSSR count). The zero-order valence-electron chi connectivity index (χ0n) is 10.4. The second-order valence-corrected chi connectivity index (χ2v) is 4.50. The van der Waals surface area contributed by atoms with E-state index in [1.165, 1.54) is 0 Å². The lowest BCUT2D eigenvalue weighted by Crippen LogP contribution is -2.47. The quantitative estimate of drug-likeness (QED) is 0.571. The predicted molar refractivity (Wildman–Crippen MR) is 63.6 cm³/mol. The summed E-state index contributed by atoms with van der Waals surface area (Å²) in [6.07, 6.45) is 0.957. The average Bonchev–Trinajstić information content (AvgIpc) is 2.35. The minimum absolute atomic E-state index is 0.0435. The third kappa shape index (κ3) is 3.99. The Balaban J connectivity index is 2.32. The first-order valence-electron chi connectivity index (χ1n) is 5.95. The molecule has 0 spiro atoms. The lowest BCUT2D eigenvalue weighted by atomic mass is 9.97. The number of hydrogen-bond acceptors (Lipinski definition) is 4. The van der Waals surface area contributed by atoms with E-state index in [-0.39, 0.29) is 18.4 Å². The molecule has 7 heteroatoms. The van der Waals surface area contributed by atoms with Crippen molar-refractivity contribution in [2.24, 2.45) is 11.7 Å². The van der Waals surface area contributed by atoms with Gasteiger partial charge in [-0.1, -0.05) is 0 Å². The summed E-state index contributed by atoms with van der Waals surface area (Å²) in [5.74, 6) is -1.80. The lowest BCUT2D eigenvalue weighted by Gasteiger charge is -2.30. The van der Waals surface area contributed by atoms with Crippen LogP contribution >= 0.6 is 0 Å². The number of nitrogens with two attached hydrogens (primary N) is 1. The van der Waals surface area contributed by atoms with Crippen molar-refractivity contribution in [3.8, 4) is 0 Å². The molecule has 1 aliphatic rings. The van der Waals surface area contributed by atoms with Gasteiger partial charge < -0.3 is 15.7 Å². The van der Waals surface area contributed by atoms with Gasteiger partial charge in [0.25, 0.3) is 0 Å². The highest BCUT2D eigenvalue weighted by atomic mass is 16.4. The van der Waals surface area contributed by atoms with Crippen molar-refractivity contribution in [1.29, 1.82) is 0 Å². The van der Waals surface area contributed by atoms with E-state index in [9.17, 15) is 14.4 Å². The maximum atomic E-state index is 11.8. The molecule has 102 valence electrons. The summed E-state index contributed by atoms with van der Waals surface area (Å²) >= 11 is 0. The van der Waals surface area contributed by atoms with Gasteiger partial charge in [0.05, 0.1) is 18.5 Å². The van der Waals surface area contributed by atoms with Crippen LogP contribution in [0.1, 0.15) is 19.8 Å². The first-order chi connectivity index (χ1) is 8.41. The molecule has 1 aliphatic heterocycles. The van der Waals surface area contributed by atoms with Gasteiger partial charge in [-0.25, -0.2) is 0 Å². The molecule has 2 amide bonds. The van der Waals surface area contributed by atoms with Gasteiger partial charge >= 0.3 is 5.97 Å². The molecule has 0 aromatic heterocycles. The van der Waals surface area contributed by atoms with E-state index in [1.807, 2.05) is 0 Å². The minimum atomic E-state index is -0.803. The summed E-state index contributed by atoms with van der Waals surface area (Å²) in [6.45, 7) is 2.53. The summed E-state index contributed by atoms with van der Waals surface area (Å²) in [5.41, 5.74) is 5.06. The summed E-state index contributed by atoms with van der Waals surface area (Å²) in [5, 5.41) is 11.6. The van der Waals surface area contributed by atoms with Crippen molar-refractivity contribution >= 4 is 17.8 Å². The summed E-state index contributed by atoms with van der Waals surface area (Å²) < 4.78 is 0. The minimum Gasteiger partial charge on any atom is -0.481 e. The van der Waals surface area contributed by atoms with Crippen LogP contribution in [0.2, 0.25) is 0 Å². The van der Waals surface area contributed by atoms with Crippen LogP contribution in [0, 0.1) is 5.92 Å². The monoisotopic (exact) mass is 257 g/mol. The number of aliphatic carboxylic acids is 1. The Bertz CT molecular complexity index is 337. The smallest absolute Gasteiger partial charge is 0.306 e. The van der Waals surface area contributed by atoms with E-state index in [2.05, 4.69) is 5.32 Å². The van der Waals surface area contributed by atoms with Gasteiger partial charge in [-0.15, -0.1) is 0 Å². The molecule has 0 bridgehead atoms. The largest absolute Gasteiger partial charge is 0.481 e. The molecule has 0 aliphatic carbocycles. The fourth-order valence-corrected chi connectivity index (χ4v) is 1.83. The van der Waals surface area contributed by atoms with Crippen LogP contribution in [0.25, 0.3) is 0 Å². The third-order valence-corrected chi connectivity index (χ3v) is 3.18. The molecule has 1 saturated heterocycles. The highest BCUT2D eigenvalue weighted by molar-refractivity contribution is 5.82. The zero-order valence-corrected chi connectivity index (χ0v) is 10.4.